The summed E-state index contributed by atoms with van der Waals surface area (Å²) in [5.74, 6) is 5.86. The Morgan fingerprint density at radius 2 is 1.38 bits per heavy atom. The molecule has 2 aliphatic heterocycles. The maximum Gasteiger partial charge on any atom is 0.317 e. The Labute approximate surface area is 234 Å². The van der Waals surface area contributed by atoms with Crippen LogP contribution in [0.1, 0.15) is 95.0 Å². The summed E-state index contributed by atoms with van der Waals surface area (Å²) >= 11 is 0. The van der Waals surface area contributed by atoms with E-state index in [1.807, 2.05) is 37.1 Å². The molecule has 2 fully saturated rings. The van der Waals surface area contributed by atoms with Gasteiger partial charge in [0.2, 0.25) is 0 Å². The predicted molar refractivity (Wildman–Crippen MR) is 154 cm³/mol. The summed E-state index contributed by atoms with van der Waals surface area (Å²) in [5, 5.41) is 0. The third kappa shape index (κ3) is 11.8. The Hall–Kier alpha value is -3.51. The maximum atomic E-state index is 11.5. The molecule has 1 aromatic rings. The number of ether oxygens (including phenoxy) is 3. The Bertz CT molecular complexity index is 938. The first-order valence-electron chi connectivity index (χ1n) is 13.9. The van der Waals surface area contributed by atoms with Crippen molar-refractivity contribution >= 4 is 18.7 Å². The number of allylic oxidation sites excluding steroid dienone is 1. The van der Waals surface area contributed by atoms with Crippen LogP contribution >= 0.6 is 0 Å². The molecule has 0 aromatic heterocycles. The first kappa shape index (κ1) is 33.5. The zero-order chi connectivity index (χ0) is 28.9. The summed E-state index contributed by atoms with van der Waals surface area (Å²) in [6.07, 6.45) is 25.9. The van der Waals surface area contributed by atoms with E-state index in [4.69, 9.17) is 31.9 Å². The Kier molecular flexibility index (Phi) is 17.6. The lowest BCUT2D eigenvalue weighted by molar-refractivity contribution is -0.186. The van der Waals surface area contributed by atoms with Crippen molar-refractivity contribution in [3.8, 4) is 30.4 Å². The SMILES string of the molecule is C#CCCCC1OC(=O)C1CCCCCCCC=C.C#CCCCC1OC(=O)C1c1ccc(OC)cc1.C=O. The van der Waals surface area contributed by atoms with Crippen molar-refractivity contribution in [2.75, 3.05) is 7.11 Å². The van der Waals surface area contributed by atoms with E-state index in [0.717, 1.165) is 69.1 Å². The molecule has 4 atom stereocenters. The summed E-state index contributed by atoms with van der Waals surface area (Å²) in [5.41, 5.74) is 0.984. The largest absolute Gasteiger partial charge is 0.497 e. The first-order valence-corrected chi connectivity index (χ1v) is 13.9. The third-order valence-electron chi connectivity index (χ3n) is 6.93. The van der Waals surface area contributed by atoms with Crippen LogP contribution in [0.15, 0.2) is 36.9 Å². The number of hydrogen-bond donors (Lipinski definition) is 0. The fourth-order valence-corrected chi connectivity index (χ4v) is 4.71. The number of unbranched alkanes of at least 4 members (excludes halogenated alkanes) is 7. The van der Waals surface area contributed by atoms with Gasteiger partial charge in [-0.15, -0.1) is 31.3 Å². The molecule has 0 N–H and O–H groups in total. The molecule has 6 nitrogen and oxygen atoms in total. The molecule has 0 saturated carbocycles. The van der Waals surface area contributed by atoms with Crippen LogP contribution in [-0.2, 0) is 23.9 Å². The quantitative estimate of drug-likeness (QED) is 0.103. The number of esters is 2. The van der Waals surface area contributed by atoms with E-state index in [1.165, 1.54) is 25.7 Å². The molecular formula is C33H44O6. The number of rotatable bonds is 16. The Morgan fingerprint density at radius 1 is 0.821 bits per heavy atom. The van der Waals surface area contributed by atoms with Crippen molar-refractivity contribution in [2.45, 2.75) is 102 Å². The van der Waals surface area contributed by atoms with Crippen LogP contribution in [0.4, 0.5) is 0 Å². The van der Waals surface area contributed by atoms with Gasteiger partial charge in [0, 0.05) is 12.8 Å². The molecule has 3 rings (SSSR count). The summed E-state index contributed by atoms with van der Waals surface area (Å²) in [6, 6.07) is 7.55. The second kappa shape index (κ2) is 20.5. The third-order valence-corrected chi connectivity index (χ3v) is 6.93. The zero-order valence-electron chi connectivity index (χ0n) is 23.4. The Balaban J connectivity index is 0.000000367. The molecule has 0 amide bonds. The molecule has 0 radical (unpaired) electrons. The minimum absolute atomic E-state index is 0.00244. The van der Waals surface area contributed by atoms with Crippen molar-refractivity contribution in [3.05, 3.63) is 42.5 Å². The van der Waals surface area contributed by atoms with Gasteiger partial charge in [-0.25, -0.2) is 0 Å². The number of carbonyl (C=O) groups excluding carboxylic acids is 3. The molecule has 39 heavy (non-hydrogen) atoms. The van der Waals surface area contributed by atoms with Gasteiger partial charge in [-0.2, -0.15) is 0 Å². The van der Waals surface area contributed by atoms with Gasteiger partial charge < -0.3 is 19.0 Å². The van der Waals surface area contributed by atoms with Gasteiger partial charge in [0.1, 0.15) is 30.7 Å². The minimum atomic E-state index is -0.147. The fourth-order valence-electron chi connectivity index (χ4n) is 4.71. The fraction of sp³-hybridized carbons (Fsp3) is 0.545. The van der Waals surface area contributed by atoms with E-state index in [1.54, 1.807) is 7.11 Å². The normalized spacial score (nSPS) is 20.5. The van der Waals surface area contributed by atoms with E-state index in [0.29, 0.717) is 0 Å². The summed E-state index contributed by atoms with van der Waals surface area (Å²) in [4.78, 5) is 30.9. The lowest BCUT2D eigenvalue weighted by Crippen LogP contribution is -2.44. The number of benzene rings is 1. The lowest BCUT2D eigenvalue weighted by atomic mass is 9.86. The maximum absolute atomic E-state index is 11.5. The molecule has 0 bridgehead atoms. The molecule has 4 unspecified atom stereocenters. The highest BCUT2D eigenvalue weighted by atomic mass is 16.6. The molecule has 1 aromatic carbocycles. The van der Waals surface area contributed by atoms with E-state index in [9.17, 15) is 9.59 Å². The van der Waals surface area contributed by atoms with Gasteiger partial charge in [0.15, 0.2) is 0 Å². The van der Waals surface area contributed by atoms with E-state index in [-0.39, 0.29) is 36.0 Å². The number of methoxy groups -OCH3 is 1. The predicted octanol–water partition coefficient (Wildman–Crippen LogP) is 6.57. The van der Waals surface area contributed by atoms with Crippen LogP contribution in [0, 0.1) is 30.6 Å². The van der Waals surface area contributed by atoms with E-state index in [2.05, 4.69) is 18.4 Å². The highest BCUT2D eigenvalue weighted by Crippen LogP contribution is 2.36. The van der Waals surface area contributed by atoms with Gasteiger partial charge in [0.25, 0.3) is 0 Å². The van der Waals surface area contributed by atoms with Crippen LogP contribution in [0.3, 0.4) is 0 Å². The highest BCUT2D eigenvalue weighted by Gasteiger charge is 2.43. The van der Waals surface area contributed by atoms with Crippen molar-refractivity contribution in [3.63, 3.8) is 0 Å². The standard InChI is InChI=1S/C17H26O2.C15H16O3.CH2O/c1-3-5-7-8-9-10-12-13-15-16(19-17(15)18)14-11-6-4-2;1-3-4-5-6-13-14(15(16)18-13)11-7-9-12(17-2)10-8-11;1-2/h2-3,15-16H,1,5-14H2;1,7-10,13-14H,4-6H2,2H3;1H2. The molecule has 2 heterocycles. The average molecular weight is 537 g/mol. The molecular weight excluding hydrogens is 492 g/mol. The molecule has 0 aliphatic carbocycles. The van der Waals surface area contributed by atoms with Crippen LogP contribution in [0.5, 0.6) is 5.75 Å². The summed E-state index contributed by atoms with van der Waals surface area (Å²) in [7, 11) is 1.62. The summed E-state index contributed by atoms with van der Waals surface area (Å²) in [6.45, 7) is 5.72. The Morgan fingerprint density at radius 3 is 1.92 bits per heavy atom. The van der Waals surface area contributed by atoms with Crippen LogP contribution in [0.25, 0.3) is 0 Å². The van der Waals surface area contributed by atoms with Gasteiger partial charge in [-0.3, -0.25) is 9.59 Å². The number of hydrogen-bond acceptors (Lipinski definition) is 6. The molecule has 2 aliphatic rings. The topological polar surface area (TPSA) is 78.9 Å². The van der Waals surface area contributed by atoms with Crippen molar-refractivity contribution in [2.24, 2.45) is 5.92 Å². The van der Waals surface area contributed by atoms with E-state index >= 15 is 0 Å². The number of terminal acetylenes is 2. The second-order valence-corrected chi connectivity index (χ2v) is 9.63. The number of cyclic esters (lactones) is 2. The van der Waals surface area contributed by atoms with Gasteiger partial charge in [0.05, 0.1) is 13.0 Å². The first-order chi connectivity index (χ1) is 19.0. The van der Waals surface area contributed by atoms with Crippen LogP contribution in [-0.4, -0.2) is 38.0 Å². The highest BCUT2D eigenvalue weighted by molar-refractivity contribution is 5.84. The number of carbonyl (C=O) groups is 3. The molecule has 6 heteroatoms. The van der Waals surface area contributed by atoms with Crippen molar-refractivity contribution < 1.29 is 28.6 Å². The summed E-state index contributed by atoms with van der Waals surface area (Å²) < 4.78 is 15.5. The van der Waals surface area contributed by atoms with Gasteiger partial charge in [-0.1, -0.05) is 43.9 Å². The van der Waals surface area contributed by atoms with Crippen molar-refractivity contribution in [1.82, 2.24) is 0 Å². The van der Waals surface area contributed by atoms with Crippen LogP contribution in [0.2, 0.25) is 0 Å². The molecule has 212 valence electrons. The van der Waals surface area contributed by atoms with Crippen molar-refractivity contribution in [1.29, 1.82) is 0 Å². The minimum Gasteiger partial charge on any atom is -0.497 e. The average Bonchev–Trinajstić information content (AvgIpc) is 2.95. The van der Waals surface area contributed by atoms with E-state index < -0.39 is 0 Å². The molecule has 2 saturated heterocycles. The van der Waals surface area contributed by atoms with Gasteiger partial charge >= 0.3 is 11.9 Å². The zero-order valence-corrected chi connectivity index (χ0v) is 23.4. The second-order valence-electron chi connectivity index (χ2n) is 9.63. The lowest BCUT2D eigenvalue weighted by Gasteiger charge is -2.35. The van der Waals surface area contributed by atoms with Crippen LogP contribution < -0.4 is 4.74 Å². The molecule has 0 spiro atoms. The smallest absolute Gasteiger partial charge is 0.317 e. The van der Waals surface area contributed by atoms with Gasteiger partial charge in [-0.05, 0) is 62.6 Å². The monoisotopic (exact) mass is 536 g/mol.